The van der Waals surface area contributed by atoms with Gasteiger partial charge in [-0.05, 0) is 57.1 Å². The summed E-state index contributed by atoms with van der Waals surface area (Å²) >= 11 is 0. The van der Waals surface area contributed by atoms with Crippen LogP contribution in [0.2, 0.25) is 0 Å². The number of hydrogen-bond acceptors (Lipinski definition) is 4. The van der Waals surface area contributed by atoms with Crippen LogP contribution in [0.15, 0.2) is 36.5 Å². The molecule has 2 aromatic heterocycles. The van der Waals surface area contributed by atoms with Gasteiger partial charge in [0.15, 0.2) is 11.6 Å². The molecular weight excluding hydrogens is 369 g/mol. The summed E-state index contributed by atoms with van der Waals surface area (Å²) < 4.78 is 15.0. The smallest absolute Gasteiger partial charge is 0.231 e. The average molecular weight is 395 g/mol. The molecule has 6 nitrogen and oxygen atoms in total. The van der Waals surface area contributed by atoms with Crippen molar-refractivity contribution in [3.8, 4) is 11.3 Å². The minimum absolute atomic E-state index is 0.0643. The van der Waals surface area contributed by atoms with E-state index in [1.54, 1.807) is 12.3 Å². The molecule has 0 unspecified atom stereocenters. The second-order valence-electron chi connectivity index (χ2n) is 8.31. The van der Waals surface area contributed by atoms with Crippen molar-refractivity contribution in [3.63, 3.8) is 0 Å². The van der Waals surface area contributed by atoms with Gasteiger partial charge in [-0.3, -0.25) is 14.9 Å². The van der Waals surface area contributed by atoms with E-state index in [4.69, 9.17) is 0 Å². The predicted molar refractivity (Wildman–Crippen MR) is 112 cm³/mol. The van der Waals surface area contributed by atoms with Crippen molar-refractivity contribution >= 4 is 22.6 Å². The van der Waals surface area contributed by atoms with Crippen LogP contribution in [0, 0.1) is 11.2 Å². The van der Waals surface area contributed by atoms with Crippen LogP contribution in [0.25, 0.3) is 22.2 Å². The Balaban J connectivity index is 1.48. The van der Waals surface area contributed by atoms with Crippen molar-refractivity contribution in [3.05, 3.63) is 42.3 Å². The van der Waals surface area contributed by atoms with E-state index in [0.717, 1.165) is 37.0 Å². The Hall–Kier alpha value is -2.80. The monoisotopic (exact) mass is 395 g/mol. The van der Waals surface area contributed by atoms with E-state index >= 15 is 0 Å². The van der Waals surface area contributed by atoms with Gasteiger partial charge in [0.05, 0.1) is 5.52 Å². The standard InChI is InChI=1S/C22H26FN5O/c1-22(2,9-13-28-11-3-4-12-28)21(29)25-20-18(23)19(26-27-20)16-7-8-17-15(14-16)6-5-10-24-17/h5-8,10,14H,3-4,9,11-13H2,1-2H3,(H2,25,26,27,29). The molecular formula is C22H26FN5O. The van der Waals surface area contributed by atoms with Crippen molar-refractivity contribution in [2.45, 2.75) is 33.1 Å². The number of carbonyl (C=O) groups excluding carboxylic acids is 1. The maximum atomic E-state index is 15.0. The zero-order chi connectivity index (χ0) is 20.4. The number of carbonyl (C=O) groups is 1. The summed E-state index contributed by atoms with van der Waals surface area (Å²) in [4.78, 5) is 19.4. The Morgan fingerprint density at radius 3 is 2.86 bits per heavy atom. The first-order chi connectivity index (χ1) is 13.9. The number of rotatable bonds is 6. The molecule has 0 aliphatic carbocycles. The van der Waals surface area contributed by atoms with Crippen LogP contribution in [-0.2, 0) is 4.79 Å². The molecule has 0 radical (unpaired) electrons. The molecule has 152 valence electrons. The number of aromatic amines is 1. The molecule has 3 heterocycles. The molecule has 1 fully saturated rings. The van der Waals surface area contributed by atoms with E-state index < -0.39 is 11.2 Å². The lowest BCUT2D eigenvalue weighted by molar-refractivity contribution is -0.124. The van der Waals surface area contributed by atoms with E-state index in [0.29, 0.717) is 5.56 Å². The van der Waals surface area contributed by atoms with Gasteiger partial charge in [-0.25, -0.2) is 4.39 Å². The second-order valence-corrected chi connectivity index (χ2v) is 8.31. The van der Waals surface area contributed by atoms with Gasteiger partial charge in [-0.15, -0.1) is 0 Å². The fraction of sp³-hybridized carbons (Fsp3) is 0.409. The molecule has 4 rings (SSSR count). The normalized spacial score (nSPS) is 15.1. The lowest BCUT2D eigenvalue weighted by atomic mass is 9.88. The molecule has 0 atom stereocenters. The van der Waals surface area contributed by atoms with Gasteiger partial charge in [0.1, 0.15) is 5.69 Å². The largest absolute Gasteiger partial charge is 0.306 e. The van der Waals surface area contributed by atoms with Gasteiger partial charge >= 0.3 is 0 Å². The van der Waals surface area contributed by atoms with Crippen LogP contribution < -0.4 is 5.32 Å². The van der Waals surface area contributed by atoms with Gasteiger partial charge in [0.2, 0.25) is 5.91 Å². The number of hydrogen-bond donors (Lipinski definition) is 2. The number of nitrogens with zero attached hydrogens (tertiary/aromatic N) is 3. The maximum absolute atomic E-state index is 15.0. The summed E-state index contributed by atoms with van der Waals surface area (Å²) in [5, 5.41) is 10.3. The van der Waals surface area contributed by atoms with Gasteiger partial charge in [0, 0.05) is 22.6 Å². The topological polar surface area (TPSA) is 73.9 Å². The van der Waals surface area contributed by atoms with E-state index in [-0.39, 0.29) is 17.4 Å². The molecule has 0 spiro atoms. The minimum Gasteiger partial charge on any atom is -0.306 e. The van der Waals surface area contributed by atoms with E-state index in [9.17, 15) is 9.18 Å². The Kier molecular flexibility index (Phi) is 5.32. The quantitative estimate of drug-likeness (QED) is 0.656. The van der Waals surface area contributed by atoms with Crippen LogP contribution in [-0.4, -0.2) is 45.6 Å². The fourth-order valence-electron chi connectivity index (χ4n) is 3.67. The van der Waals surface area contributed by atoms with Crippen LogP contribution in [0.3, 0.4) is 0 Å². The van der Waals surface area contributed by atoms with Gasteiger partial charge in [-0.2, -0.15) is 5.10 Å². The summed E-state index contributed by atoms with van der Waals surface area (Å²) in [6.45, 7) is 6.84. The van der Waals surface area contributed by atoms with E-state index in [2.05, 4.69) is 25.4 Å². The highest BCUT2D eigenvalue weighted by Crippen LogP contribution is 2.29. The van der Waals surface area contributed by atoms with Crippen molar-refractivity contribution < 1.29 is 9.18 Å². The van der Waals surface area contributed by atoms with Crippen molar-refractivity contribution in [1.29, 1.82) is 0 Å². The number of aromatic nitrogens is 3. The zero-order valence-electron chi connectivity index (χ0n) is 16.8. The maximum Gasteiger partial charge on any atom is 0.231 e. The highest BCUT2D eigenvalue weighted by molar-refractivity contribution is 5.94. The summed E-state index contributed by atoms with van der Waals surface area (Å²) in [7, 11) is 0. The predicted octanol–water partition coefficient (Wildman–Crippen LogP) is 4.21. The zero-order valence-corrected chi connectivity index (χ0v) is 16.8. The number of benzene rings is 1. The lowest BCUT2D eigenvalue weighted by Gasteiger charge is -2.25. The van der Waals surface area contributed by atoms with Gasteiger partial charge < -0.3 is 10.2 Å². The van der Waals surface area contributed by atoms with Crippen LogP contribution in [0.5, 0.6) is 0 Å². The number of likely N-dealkylation sites (tertiary alicyclic amines) is 1. The molecule has 3 aromatic rings. The van der Waals surface area contributed by atoms with E-state index in [1.807, 2.05) is 38.1 Å². The first-order valence-electron chi connectivity index (χ1n) is 10.1. The SMILES string of the molecule is CC(C)(CCN1CCCC1)C(=O)Nc1n[nH]c(-c2ccc3ncccc3c2)c1F. The van der Waals surface area contributed by atoms with Crippen molar-refractivity contribution in [1.82, 2.24) is 20.1 Å². The third-order valence-electron chi connectivity index (χ3n) is 5.70. The molecule has 7 heteroatoms. The van der Waals surface area contributed by atoms with Gasteiger partial charge in [-0.1, -0.05) is 26.0 Å². The number of amides is 1. The number of fused-ring (bicyclic) bond motifs is 1. The van der Waals surface area contributed by atoms with Crippen LogP contribution in [0.1, 0.15) is 33.1 Å². The number of H-pyrrole nitrogens is 1. The lowest BCUT2D eigenvalue weighted by Crippen LogP contribution is -2.35. The van der Waals surface area contributed by atoms with E-state index in [1.165, 1.54) is 12.8 Å². The first kappa shape index (κ1) is 19.5. The number of halogens is 1. The summed E-state index contributed by atoms with van der Waals surface area (Å²) in [5.41, 5.74) is 1.14. The molecule has 1 saturated heterocycles. The molecule has 1 amide bonds. The number of nitrogens with one attached hydrogen (secondary N) is 2. The van der Waals surface area contributed by atoms with Crippen molar-refractivity contribution in [2.75, 3.05) is 25.0 Å². The summed E-state index contributed by atoms with van der Waals surface area (Å²) in [6.07, 6.45) is 4.88. The summed E-state index contributed by atoms with van der Waals surface area (Å²) in [5.74, 6) is -0.848. The minimum atomic E-state index is -0.608. The molecule has 2 N–H and O–H groups in total. The molecule has 1 aliphatic heterocycles. The first-order valence-corrected chi connectivity index (χ1v) is 10.1. The third kappa shape index (κ3) is 4.15. The molecule has 1 aromatic carbocycles. The Labute approximate surface area is 169 Å². The van der Waals surface area contributed by atoms with Gasteiger partial charge in [0.25, 0.3) is 0 Å². The van der Waals surface area contributed by atoms with Crippen LogP contribution >= 0.6 is 0 Å². The third-order valence-corrected chi connectivity index (χ3v) is 5.70. The number of anilines is 1. The van der Waals surface area contributed by atoms with Crippen LogP contribution in [0.4, 0.5) is 10.2 Å². The Morgan fingerprint density at radius 1 is 1.28 bits per heavy atom. The average Bonchev–Trinajstić information content (AvgIpc) is 3.36. The molecule has 1 aliphatic rings. The number of pyridine rings is 1. The van der Waals surface area contributed by atoms with Crippen molar-refractivity contribution in [2.24, 2.45) is 5.41 Å². The Bertz CT molecular complexity index is 1020. The molecule has 29 heavy (non-hydrogen) atoms. The highest BCUT2D eigenvalue weighted by atomic mass is 19.1. The second kappa shape index (κ2) is 7.91. The fourth-order valence-corrected chi connectivity index (χ4v) is 3.67. The highest BCUT2D eigenvalue weighted by Gasteiger charge is 2.30. The molecule has 0 saturated carbocycles. The summed E-state index contributed by atoms with van der Waals surface area (Å²) in [6, 6.07) is 9.24. The Morgan fingerprint density at radius 2 is 2.07 bits per heavy atom. The molecule has 0 bridgehead atoms.